The maximum atomic E-state index is 11.1. The van der Waals surface area contributed by atoms with Crippen molar-refractivity contribution in [1.29, 1.82) is 0 Å². The monoisotopic (exact) mass is 335 g/mol. The highest BCUT2D eigenvalue weighted by Crippen LogP contribution is 2.38. The Morgan fingerprint density at radius 3 is 2.37 bits per heavy atom. The van der Waals surface area contributed by atoms with Crippen molar-refractivity contribution < 1.29 is 9.90 Å². The van der Waals surface area contributed by atoms with E-state index in [2.05, 4.69) is 4.98 Å². The zero-order valence-electron chi connectivity index (χ0n) is 9.12. The van der Waals surface area contributed by atoms with E-state index in [1.54, 1.807) is 18.2 Å². The molecule has 0 saturated heterocycles. The molecule has 2 rings (SSSR count). The van der Waals surface area contributed by atoms with Gasteiger partial charge in [-0.3, -0.25) is 4.98 Å². The van der Waals surface area contributed by atoms with Gasteiger partial charge in [0.2, 0.25) is 0 Å². The number of hydrogen-bond acceptors (Lipinski definition) is 2. The first-order valence-corrected chi connectivity index (χ1v) is 6.46. The smallest absolute Gasteiger partial charge is 0.338 e. The van der Waals surface area contributed by atoms with Crippen molar-refractivity contribution in [2.45, 2.75) is 0 Å². The standard InChI is InChI=1S/C12H5Cl4NO2/c13-6-3-1-2-5(9(6)15)11-10(16)8(12(18)19)7(14)4-17-11/h1-4H,(H,18,19). The highest BCUT2D eigenvalue weighted by molar-refractivity contribution is 6.45. The van der Waals surface area contributed by atoms with Crippen LogP contribution >= 0.6 is 46.4 Å². The van der Waals surface area contributed by atoms with Crippen LogP contribution in [0, 0.1) is 0 Å². The highest BCUT2D eigenvalue weighted by Gasteiger charge is 2.20. The van der Waals surface area contributed by atoms with Gasteiger partial charge in [-0.25, -0.2) is 4.79 Å². The minimum Gasteiger partial charge on any atom is -0.478 e. The molecule has 1 aromatic carbocycles. The lowest BCUT2D eigenvalue weighted by Gasteiger charge is -2.10. The first-order valence-electron chi connectivity index (χ1n) is 4.95. The van der Waals surface area contributed by atoms with Gasteiger partial charge in [-0.1, -0.05) is 58.5 Å². The van der Waals surface area contributed by atoms with Gasteiger partial charge in [0.25, 0.3) is 0 Å². The molecule has 0 unspecified atom stereocenters. The lowest BCUT2D eigenvalue weighted by atomic mass is 10.1. The lowest BCUT2D eigenvalue weighted by molar-refractivity contribution is 0.0697. The second-order valence-electron chi connectivity index (χ2n) is 3.55. The number of rotatable bonds is 2. The predicted octanol–water partition coefficient (Wildman–Crippen LogP) is 5.06. The largest absolute Gasteiger partial charge is 0.478 e. The minimum absolute atomic E-state index is 0.0422. The molecular weight excluding hydrogens is 332 g/mol. The van der Waals surface area contributed by atoms with Gasteiger partial charge in [-0.15, -0.1) is 0 Å². The van der Waals surface area contributed by atoms with Crippen molar-refractivity contribution in [3.8, 4) is 11.3 Å². The second-order valence-corrected chi connectivity index (χ2v) is 5.12. The summed E-state index contributed by atoms with van der Waals surface area (Å²) in [6.07, 6.45) is 1.21. The van der Waals surface area contributed by atoms with Crippen molar-refractivity contribution in [2.24, 2.45) is 0 Å². The molecule has 0 aliphatic carbocycles. The number of hydrogen-bond donors (Lipinski definition) is 1. The fourth-order valence-electron chi connectivity index (χ4n) is 1.54. The summed E-state index contributed by atoms with van der Waals surface area (Å²) in [5, 5.41) is 9.53. The van der Waals surface area contributed by atoms with Crippen molar-refractivity contribution in [2.75, 3.05) is 0 Å². The number of pyridine rings is 1. The molecule has 0 aliphatic rings. The van der Waals surface area contributed by atoms with Crippen molar-refractivity contribution in [1.82, 2.24) is 4.98 Å². The third kappa shape index (κ3) is 2.65. The SMILES string of the molecule is O=C(O)c1c(Cl)cnc(-c2cccc(Cl)c2Cl)c1Cl. The van der Waals surface area contributed by atoms with E-state index in [4.69, 9.17) is 51.5 Å². The fourth-order valence-corrected chi connectivity index (χ4v) is 2.53. The Kier molecular flexibility index (Phi) is 4.21. The first kappa shape index (κ1) is 14.4. The number of aromatic nitrogens is 1. The maximum Gasteiger partial charge on any atom is 0.338 e. The lowest BCUT2D eigenvalue weighted by Crippen LogP contribution is -2.01. The summed E-state index contributed by atoms with van der Waals surface area (Å²) in [6.45, 7) is 0. The van der Waals surface area contributed by atoms with Crippen LogP contribution in [0.4, 0.5) is 0 Å². The first-order chi connectivity index (χ1) is 8.93. The highest BCUT2D eigenvalue weighted by atomic mass is 35.5. The van der Waals surface area contributed by atoms with Gasteiger partial charge in [-0.2, -0.15) is 0 Å². The molecule has 1 N–H and O–H groups in total. The molecule has 0 radical (unpaired) electrons. The van der Waals surface area contributed by atoms with Crippen LogP contribution in [-0.2, 0) is 0 Å². The number of carboxylic acid groups (broad SMARTS) is 1. The third-order valence-corrected chi connectivity index (χ3v) is 3.87. The zero-order chi connectivity index (χ0) is 14.2. The molecule has 1 aromatic heterocycles. The van der Waals surface area contributed by atoms with Gasteiger partial charge >= 0.3 is 5.97 Å². The van der Waals surface area contributed by atoms with Crippen LogP contribution in [-0.4, -0.2) is 16.1 Å². The molecule has 0 atom stereocenters. The Hall–Kier alpha value is -1.000. The Labute approximate surface area is 128 Å². The molecule has 7 heteroatoms. The number of carbonyl (C=O) groups is 1. The Morgan fingerprint density at radius 1 is 1.05 bits per heavy atom. The molecule has 1 heterocycles. The van der Waals surface area contributed by atoms with Crippen molar-refractivity contribution in [3.63, 3.8) is 0 Å². The average molecular weight is 337 g/mol. The number of aromatic carboxylic acids is 1. The van der Waals surface area contributed by atoms with Crippen molar-refractivity contribution in [3.05, 3.63) is 50.0 Å². The summed E-state index contributed by atoms with van der Waals surface area (Å²) in [6, 6.07) is 4.91. The van der Waals surface area contributed by atoms with E-state index in [0.717, 1.165) is 0 Å². The van der Waals surface area contributed by atoms with E-state index >= 15 is 0 Å². The van der Waals surface area contributed by atoms with Crippen LogP contribution in [0.1, 0.15) is 10.4 Å². The molecule has 19 heavy (non-hydrogen) atoms. The Balaban J connectivity index is 2.74. The molecular formula is C12H5Cl4NO2. The summed E-state index contributed by atoms with van der Waals surface area (Å²) >= 11 is 23.8. The van der Waals surface area contributed by atoms with Crippen LogP contribution < -0.4 is 0 Å². The zero-order valence-corrected chi connectivity index (χ0v) is 12.1. The Bertz CT molecular complexity index is 673. The van der Waals surface area contributed by atoms with E-state index < -0.39 is 5.97 Å². The maximum absolute atomic E-state index is 11.1. The van der Waals surface area contributed by atoms with Crippen LogP contribution in [0.15, 0.2) is 24.4 Å². The van der Waals surface area contributed by atoms with Crippen LogP contribution in [0.5, 0.6) is 0 Å². The topological polar surface area (TPSA) is 50.2 Å². The summed E-state index contributed by atoms with van der Waals surface area (Å²) in [7, 11) is 0. The van der Waals surface area contributed by atoms with Gasteiger partial charge in [-0.05, 0) is 6.07 Å². The summed E-state index contributed by atoms with van der Waals surface area (Å²) < 4.78 is 0. The van der Waals surface area contributed by atoms with Crippen LogP contribution in [0.3, 0.4) is 0 Å². The third-order valence-electron chi connectivity index (χ3n) is 2.39. The molecule has 0 saturated carbocycles. The molecule has 0 bridgehead atoms. The minimum atomic E-state index is -1.24. The number of halogens is 4. The molecule has 3 nitrogen and oxygen atoms in total. The van der Waals surface area contributed by atoms with Gasteiger partial charge in [0.15, 0.2) is 0 Å². The molecule has 98 valence electrons. The second kappa shape index (κ2) is 5.55. The molecule has 2 aromatic rings. The quantitative estimate of drug-likeness (QED) is 0.833. The molecule has 0 fully saturated rings. The Morgan fingerprint density at radius 2 is 1.74 bits per heavy atom. The predicted molar refractivity (Wildman–Crippen MR) is 76.7 cm³/mol. The summed E-state index contributed by atoms with van der Waals surface area (Å²) in [4.78, 5) is 15.1. The van der Waals surface area contributed by atoms with E-state index in [-0.39, 0.29) is 26.3 Å². The van der Waals surface area contributed by atoms with Gasteiger partial charge < -0.3 is 5.11 Å². The molecule has 0 aliphatic heterocycles. The van der Waals surface area contributed by atoms with Crippen molar-refractivity contribution >= 4 is 52.4 Å². The number of carboxylic acids is 1. The number of nitrogens with zero attached hydrogens (tertiary/aromatic N) is 1. The van der Waals surface area contributed by atoms with E-state index in [9.17, 15) is 4.79 Å². The van der Waals surface area contributed by atoms with E-state index in [1.807, 2.05) is 0 Å². The van der Waals surface area contributed by atoms with E-state index in [0.29, 0.717) is 10.6 Å². The fraction of sp³-hybridized carbons (Fsp3) is 0. The van der Waals surface area contributed by atoms with Crippen LogP contribution in [0.2, 0.25) is 20.1 Å². The summed E-state index contributed by atoms with van der Waals surface area (Å²) in [5.41, 5.74) is 0.443. The summed E-state index contributed by atoms with van der Waals surface area (Å²) in [5.74, 6) is -1.24. The van der Waals surface area contributed by atoms with E-state index in [1.165, 1.54) is 6.20 Å². The normalized spacial score (nSPS) is 10.5. The molecule has 0 spiro atoms. The molecule has 0 amide bonds. The van der Waals surface area contributed by atoms with Gasteiger partial charge in [0.1, 0.15) is 5.56 Å². The van der Waals surface area contributed by atoms with Gasteiger partial charge in [0, 0.05) is 11.8 Å². The average Bonchev–Trinajstić information content (AvgIpc) is 2.33. The van der Waals surface area contributed by atoms with Gasteiger partial charge in [0.05, 0.1) is 25.8 Å². The number of benzene rings is 1. The van der Waals surface area contributed by atoms with Crippen LogP contribution in [0.25, 0.3) is 11.3 Å².